The molecule has 1 aromatic carbocycles. The van der Waals surface area contributed by atoms with Crippen molar-refractivity contribution in [2.24, 2.45) is 0 Å². The van der Waals surface area contributed by atoms with Crippen LogP contribution in [0.3, 0.4) is 0 Å². The maximum absolute atomic E-state index is 6.02. The van der Waals surface area contributed by atoms with Gasteiger partial charge in [0.15, 0.2) is 0 Å². The fourth-order valence-electron chi connectivity index (χ4n) is 1.37. The Morgan fingerprint density at radius 1 is 1.41 bits per heavy atom. The second-order valence-corrected chi connectivity index (χ2v) is 3.99. The fourth-order valence-corrected chi connectivity index (χ4v) is 1.37. The molecule has 0 aliphatic carbocycles. The number of benzene rings is 1. The van der Waals surface area contributed by atoms with Gasteiger partial charge < -0.3 is 20.5 Å². The number of methoxy groups -OCH3 is 1. The van der Waals surface area contributed by atoms with Gasteiger partial charge in [-0.2, -0.15) is 0 Å². The summed E-state index contributed by atoms with van der Waals surface area (Å²) in [6.45, 7) is 5.47. The molecule has 96 valence electrons. The van der Waals surface area contributed by atoms with Crippen molar-refractivity contribution in [1.29, 1.82) is 0 Å². The normalized spacial score (nSPS) is 12.2. The predicted octanol–water partition coefficient (Wildman–Crippen LogP) is 2.50. The molecule has 1 atom stereocenters. The molecule has 0 saturated carbocycles. The van der Waals surface area contributed by atoms with Gasteiger partial charge in [-0.1, -0.05) is 13.0 Å². The smallest absolute Gasteiger partial charge is 0.144 e. The Bertz CT molecular complexity index is 342. The van der Waals surface area contributed by atoms with Crippen molar-refractivity contribution >= 4 is 11.4 Å². The number of anilines is 2. The van der Waals surface area contributed by atoms with Gasteiger partial charge >= 0.3 is 0 Å². The van der Waals surface area contributed by atoms with Crippen molar-refractivity contribution in [1.82, 2.24) is 0 Å². The molecule has 0 aliphatic rings. The summed E-state index contributed by atoms with van der Waals surface area (Å²) in [5.74, 6) is 0.738. The Morgan fingerprint density at radius 3 is 2.82 bits per heavy atom. The van der Waals surface area contributed by atoms with Crippen molar-refractivity contribution in [3.8, 4) is 5.75 Å². The number of nitrogen functional groups attached to an aromatic ring is 1. The van der Waals surface area contributed by atoms with Crippen LogP contribution >= 0.6 is 0 Å². The molecule has 0 saturated heterocycles. The van der Waals surface area contributed by atoms with Crippen molar-refractivity contribution in [3.63, 3.8) is 0 Å². The number of ether oxygens (including phenoxy) is 2. The minimum Gasteiger partial charge on any atom is -0.491 e. The summed E-state index contributed by atoms with van der Waals surface area (Å²) in [7, 11) is 1.69. The summed E-state index contributed by atoms with van der Waals surface area (Å²) in [4.78, 5) is 0. The lowest BCUT2D eigenvalue weighted by atomic mass is 10.2. The molecule has 0 spiro atoms. The molecule has 17 heavy (non-hydrogen) atoms. The molecular weight excluding hydrogens is 216 g/mol. The molecule has 4 nitrogen and oxygen atoms in total. The summed E-state index contributed by atoms with van der Waals surface area (Å²) in [5, 5.41) is 3.25. The van der Waals surface area contributed by atoms with Gasteiger partial charge in [-0.25, -0.2) is 0 Å². The molecule has 0 fully saturated rings. The van der Waals surface area contributed by atoms with E-state index in [-0.39, 0.29) is 6.10 Å². The van der Waals surface area contributed by atoms with Crippen molar-refractivity contribution in [2.45, 2.75) is 26.4 Å². The third-order valence-electron chi connectivity index (χ3n) is 2.51. The fraction of sp³-hybridized carbons (Fsp3) is 0.538. The van der Waals surface area contributed by atoms with Gasteiger partial charge in [-0.05, 0) is 25.5 Å². The number of hydrogen-bond acceptors (Lipinski definition) is 4. The van der Waals surface area contributed by atoms with Gasteiger partial charge in [-0.15, -0.1) is 0 Å². The first-order chi connectivity index (χ1) is 8.19. The molecule has 4 heteroatoms. The van der Waals surface area contributed by atoms with E-state index < -0.39 is 0 Å². The van der Waals surface area contributed by atoms with Gasteiger partial charge in [0.2, 0.25) is 0 Å². The molecule has 0 bridgehead atoms. The number of nitrogens with one attached hydrogen (secondary N) is 1. The maximum Gasteiger partial charge on any atom is 0.144 e. The lowest BCUT2D eigenvalue weighted by Gasteiger charge is -2.15. The quantitative estimate of drug-likeness (QED) is 0.717. The summed E-state index contributed by atoms with van der Waals surface area (Å²) in [5.41, 5.74) is 7.57. The highest BCUT2D eigenvalue weighted by Crippen LogP contribution is 2.29. The average Bonchev–Trinajstić information content (AvgIpc) is 2.35. The van der Waals surface area contributed by atoms with Gasteiger partial charge in [0, 0.05) is 13.7 Å². The van der Waals surface area contributed by atoms with Gasteiger partial charge in [-0.3, -0.25) is 0 Å². The molecule has 0 aliphatic heterocycles. The zero-order chi connectivity index (χ0) is 12.7. The number of hydrogen-bond donors (Lipinski definition) is 2. The number of nitrogens with two attached hydrogens (primary N) is 1. The van der Waals surface area contributed by atoms with E-state index in [0.717, 1.165) is 24.4 Å². The number of para-hydroxylation sites is 1. The third-order valence-corrected chi connectivity index (χ3v) is 2.51. The van der Waals surface area contributed by atoms with E-state index in [1.165, 1.54) is 0 Å². The highest BCUT2D eigenvalue weighted by molar-refractivity contribution is 5.72. The maximum atomic E-state index is 6.02. The largest absolute Gasteiger partial charge is 0.491 e. The minimum atomic E-state index is 0.148. The Hall–Kier alpha value is -1.42. The molecule has 0 radical (unpaired) electrons. The van der Waals surface area contributed by atoms with E-state index in [2.05, 4.69) is 12.2 Å². The lowest BCUT2D eigenvalue weighted by Crippen LogP contribution is -2.18. The molecular formula is C13H22N2O2. The van der Waals surface area contributed by atoms with Gasteiger partial charge in [0.1, 0.15) is 5.75 Å². The molecule has 1 aromatic rings. The Morgan fingerprint density at radius 2 is 2.18 bits per heavy atom. The van der Waals surface area contributed by atoms with Gasteiger partial charge in [0.05, 0.1) is 24.1 Å². The third kappa shape index (κ3) is 4.15. The van der Waals surface area contributed by atoms with Crippen molar-refractivity contribution < 1.29 is 9.47 Å². The van der Waals surface area contributed by atoms with Crippen molar-refractivity contribution in [2.75, 3.05) is 31.3 Å². The van der Waals surface area contributed by atoms with Crippen LogP contribution in [0.2, 0.25) is 0 Å². The van der Waals surface area contributed by atoms with Gasteiger partial charge in [0.25, 0.3) is 0 Å². The molecule has 0 aromatic heterocycles. The van der Waals surface area contributed by atoms with E-state index in [9.17, 15) is 0 Å². The molecule has 3 N–H and O–H groups in total. The van der Waals surface area contributed by atoms with Crippen LogP contribution in [-0.4, -0.2) is 26.4 Å². The molecule has 1 unspecified atom stereocenters. The van der Waals surface area contributed by atoms with Crippen LogP contribution in [0.25, 0.3) is 0 Å². The highest BCUT2D eigenvalue weighted by Gasteiger charge is 2.06. The lowest BCUT2D eigenvalue weighted by molar-refractivity contribution is 0.129. The second-order valence-electron chi connectivity index (χ2n) is 3.99. The van der Waals surface area contributed by atoms with E-state index in [4.69, 9.17) is 15.2 Å². The predicted molar refractivity (Wildman–Crippen MR) is 71.6 cm³/mol. The summed E-state index contributed by atoms with van der Waals surface area (Å²) >= 11 is 0. The molecule has 0 amide bonds. The summed E-state index contributed by atoms with van der Waals surface area (Å²) < 4.78 is 10.7. The van der Waals surface area contributed by atoms with Crippen LogP contribution in [0.4, 0.5) is 11.4 Å². The minimum absolute atomic E-state index is 0.148. The first-order valence-corrected chi connectivity index (χ1v) is 5.97. The highest BCUT2D eigenvalue weighted by atomic mass is 16.5. The standard InChI is InChI=1S/C13H22N2O2/c1-4-8-17-12-7-5-6-11(13(12)14)15-9-10(2)16-3/h5-7,10,15H,4,8-9,14H2,1-3H3. The van der Waals surface area contributed by atoms with E-state index in [0.29, 0.717) is 12.3 Å². The number of rotatable bonds is 7. The van der Waals surface area contributed by atoms with Crippen LogP contribution in [0.5, 0.6) is 5.75 Å². The Kier molecular flexibility index (Phi) is 5.63. The van der Waals surface area contributed by atoms with E-state index in [1.807, 2.05) is 25.1 Å². The second kappa shape index (κ2) is 7.01. The zero-order valence-electron chi connectivity index (χ0n) is 10.8. The Labute approximate surface area is 103 Å². The summed E-state index contributed by atoms with van der Waals surface area (Å²) in [6.07, 6.45) is 1.12. The van der Waals surface area contributed by atoms with Crippen LogP contribution in [0.1, 0.15) is 20.3 Å². The van der Waals surface area contributed by atoms with Crippen LogP contribution < -0.4 is 15.8 Å². The summed E-state index contributed by atoms with van der Waals surface area (Å²) in [6, 6.07) is 5.76. The first-order valence-electron chi connectivity index (χ1n) is 5.97. The van der Waals surface area contributed by atoms with Crippen LogP contribution in [0.15, 0.2) is 18.2 Å². The van der Waals surface area contributed by atoms with E-state index in [1.54, 1.807) is 7.11 Å². The zero-order valence-corrected chi connectivity index (χ0v) is 10.8. The van der Waals surface area contributed by atoms with Crippen LogP contribution in [-0.2, 0) is 4.74 Å². The Balaban J connectivity index is 2.65. The average molecular weight is 238 g/mol. The van der Waals surface area contributed by atoms with Crippen molar-refractivity contribution in [3.05, 3.63) is 18.2 Å². The molecule has 0 heterocycles. The van der Waals surface area contributed by atoms with Crippen LogP contribution in [0, 0.1) is 0 Å². The topological polar surface area (TPSA) is 56.5 Å². The monoisotopic (exact) mass is 238 g/mol. The van der Waals surface area contributed by atoms with E-state index >= 15 is 0 Å². The molecule has 1 rings (SSSR count). The SMILES string of the molecule is CCCOc1cccc(NCC(C)OC)c1N. The first kappa shape index (κ1) is 13.6.